The Bertz CT molecular complexity index is 1500. The van der Waals surface area contributed by atoms with Crippen LogP contribution in [-0.2, 0) is 14.8 Å². The van der Waals surface area contributed by atoms with E-state index in [2.05, 4.69) is 10.2 Å². The lowest BCUT2D eigenvalue weighted by Gasteiger charge is -2.32. The predicted molar refractivity (Wildman–Crippen MR) is 165 cm³/mol. The molecule has 2 heterocycles. The molecule has 3 aromatic carbocycles. The highest BCUT2D eigenvalue weighted by Crippen LogP contribution is 2.26. The van der Waals surface area contributed by atoms with Crippen molar-refractivity contribution in [2.75, 3.05) is 43.6 Å². The molecule has 0 bridgehead atoms. The standard InChI is InChI=1S/C33H38N4O5S/c38-31(36-23-18-26(19-24-36)17-22-35-20-7-8-21-35)25-34-32(39)27-13-15-30(16-14-27)43(41,42)37(29-11-5-2-6-12-29)33(40)28-9-3-1-4-10-28/h1-6,9-16,26H,7-8,17-25H2,(H,34,39). The third-order valence-corrected chi connectivity index (χ3v) is 10.00. The lowest BCUT2D eigenvalue weighted by atomic mass is 9.93. The number of hydrogen-bond acceptors (Lipinski definition) is 6. The molecule has 5 rings (SSSR count). The van der Waals surface area contributed by atoms with Crippen LogP contribution in [0, 0.1) is 5.92 Å². The molecule has 1 N–H and O–H groups in total. The number of hydrogen-bond donors (Lipinski definition) is 1. The second kappa shape index (κ2) is 14.0. The third-order valence-electron chi connectivity index (χ3n) is 8.27. The maximum absolute atomic E-state index is 13.7. The predicted octanol–water partition coefficient (Wildman–Crippen LogP) is 4.18. The quantitative estimate of drug-likeness (QED) is 0.373. The smallest absolute Gasteiger partial charge is 0.272 e. The summed E-state index contributed by atoms with van der Waals surface area (Å²) < 4.78 is 28.2. The van der Waals surface area contributed by atoms with Gasteiger partial charge in [-0.1, -0.05) is 36.4 Å². The molecule has 0 radical (unpaired) electrons. The van der Waals surface area contributed by atoms with Crippen LogP contribution >= 0.6 is 0 Å². The Morgan fingerprint density at radius 2 is 1.37 bits per heavy atom. The minimum absolute atomic E-state index is 0.120. The monoisotopic (exact) mass is 602 g/mol. The van der Waals surface area contributed by atoms with E-state index in [0.29, 0.717) is 19.0 Å². The summed E-state index contributed by atoms with van der Waals surface area (Å²) in [5.41, 5.74) is 0.641. The number of nitrogens with one attached hydrogen (secondary N) is 1. The first-order chi connectivity index (χ1) is 20.8. The number of nitrogens with zero attached hydrogens (tertiary/aromatic N) is 3. The summed E-state index contributed by atoms with van der Waals surface area (Å²) in [6.07, 6.45) is 5.73. The molecule has 3 aromatic rings. The van der Waals surface area contributed by atoms with Crippen molar-refractivity contribution >= 4 is 33.4 Å². The zero-order valence-corrected chi connectivity index (χ0v) is 25.0. The second-order valence-electron chi connectivity index (χ2n) is 11.1. The average Bonchev–Trinajstić information content (AvgIpc) is 3.57. The van der Waals surface area contributed by atoms with Crippen LogP contribution in [0.15, 0.2) is 89.8 Å². The lowest BCUT2D eigenvalue weighted by Crippen LogP contribution is -2.44. The van der Waals surface area contributed by atoms with Crippen LogP contribution in [0.3, 0.4) is 0 Å². The Hall–Kier alpha value is -4.02. The van der Waals surface area contributed by atoms with Gasteiger partial charge in [0.25, 0.3) is 21.8 Å². The molecule has 0 aromatic heterocycles. The maximum Gasteiger partial charge on any atom is 0.272 e. The van der Waals surface area contributed by atoms with Crippen LogP contribution in [0.4, 0.5) is 5.69 Å². The van der Waals surface area contributed by atoms with Crippen molar-refractivity contribution in [1.29, 1.82) is 0 Å². The summed E-state index contributed by atoms with van der Waals surface area (Å²) >= 11 is 0. The lowest BCUT2D eigenvalue weighted by molar-refractivity contribution is -0.131. The molecule has 2 saturated heterocycles. The maximum atomic E-state index is 13.7. The molecule has 43 heavy (non-hydrogen) atoms. The zero-order valence-electron chi connectivity index (χ0n) is 24.2. The second-order valence-corrected chi connectivity index (χ2v) is 12.9. The van der Waals surface area contributed by atoms with E-state index < -0.39 is 21.8 Å². The van der Waals surface area contributed by atoms with Gasteiger partial charge in [-0.05, 0) is 106 Å². The number of benzene rings is 3. The SMILES string of the molecule is O=C(NCC(=O)N1CCC(CCN2CCCC2)CC1)c1ccc(S(=O)(=O)N(C(=O)c2ccccc2)c2ccccc2)cc1. The first-order valence-electron chi connectivity index (χ1n) is 14.9. The molecule has 9 nitrogen and oxygen atoms in total. The van der Waals surface area contributed by atoms with Crippen LogP contribution < -0.4 is 9.62 Å². The first-order valence-corrected chi connectivity index (χ1v) is 16.3. The molecule has 2 aliphatic rings. The number of carbonyl (C=O) groups is 3. The van der Waals surface area contributed by atoms with Gasteiger partial charge in [-0.25, -0.2) is 8.42 Å². The Labute approximate surface area is 253 Å². The number of para-hydroxylation sites is 1. The van der Waals surface area contributed by atoms with Crippen molar-refractivity contribution in [3.05, 3.63) is 96.1 Å². The summed E-state index contributed by atoms with van der Waals surface area (Å²) in [6.45, 7) is 4.83. The largest absolute Gasteiger partial charge is 0.343 e. The third kappa shape index (κ3) is 7.50. The van der Waals surface area contributed by atoms with Gasteiger partial charge in [0, 0.05) is 24.2 Å². The van der Waals surface area contributed by atoms with E-state index in [0.717, 1.165) is 23.7 Å². The highest BCUT2D eigenvalue weighted by atomic mass is 32.2. The fourth-order valence-corrected chi connectivity index (χ4v) is 7.14. The van der Waals surface area contributed by atoms with Gasteiger partial charge in [0.05, 0.1) is 17.1 Å². The molecule has 10 heteroatoms. The molecule has 3 amide bonds. The molecule has 0 unspecified atom stereocenters. The zero-order chi connectivity index (χ0) is 30.2. The van der Waals surface area contributed by atoms with E-state index in [1.165, 1.54) is 56.6 Å². The summed E-state index contributed by atoms with van der Waals surface area (Å²) in [4.78, 5) is 43.1. The molecular formula is C33H38N4O5S. The number of likely N-dealkylation sites (tertiary alicyclic amines) is 2. The van der Waals surface area contributed by atoms with E-state index in [1.807, 2.05) is 4.90 Å². The molecular weight excluding hydrogens is 564 g/mol. The summed E-state index contributed by atoms with van der Waals surface area (Å²) in [7, 11) is -4.31. The van der Waals surface area contributed by atoms with Crippen LogP contribution in [0.25, 0.3) is 0 Å². The van der Waals surface area contributed by atoms with Gasteiger partial charge in [-0.2, -0.15) is 4.31 Å². The highest BCUT2D eigenvalue weighted by Gasteiger charge is 2.32. The van der Waals surface area contributed by atoms with Crippen molar-refractivity contribution < 1.29 is 22.8 Å². The van der Waals surface area contributed by atoms with Gasteiger partial charge in [0.2, 0.25) is 5.91 Å². The van der Waals surface area contributed by atoms with Gasteiger partial charge >= 0.3 is 0 Å². The highest BCUT2D eigenvalue weighted by molar-refractivity contribution is 7.93. The number of carbonyl (C=O) groups excluding carboxylic acids is 3. The fourth-order valence-electron chi connectivity index (χ4n) is 5.72. The van der Waals surface area contributed by atoms with Crippen molar-refractivity contribution in [3.8, 4) is 0 Å². The fraction of sp³-hybridized carbons (Fsp3) is 0.364. The summed E-state index contributed by atoms with van der Waals surface area (Å²) in [6, 6.07) is 21.7. The van der Waals surface area contributed by atoms with E-state index in [1.54, 1.807) is 60.7 Å². The van der Waals surface area contributed by atoms with Crippen molar-refractivity contribution in [2.45, 2.75) is 37.0 Å². The van der Waals surface area contributed by atoms with Crippen molar-refractivity contribution in [1.82, 2.24) is 15.1 Å². The van der Waals surface area contributed by atoms with Gasteiger partial charge in [-0.15, -0.1) is 0 Å². The minimum Gasteiger partial charge on any atom is -0.343 e. The van der Waals surface area contributed by atoms with Gasteiger partial charge in [0.1, 0.15) is 0 Å². The van der Waals surface area contributed by atoms with Crippen molar-refractivity contribution in [2.24, 2.45) is 5.92 Å². The van der Waals surface area contributed by atoms with E-state index in [-0.39, 0.29) is 34.2 Å². The van der Waals surface area contributed by atoms with E-state index in [4.69, 9.17) is 0 Å². The molecule has 0 atom stereocenters. The topological polar surface area (TPSA) is 107 Å². The molecule has 2 aliphatic heterocycles. The van der Waals surface area contributed by atoms with Crippen LogP contribution in [-0.4, -0.2) is 75.2 Å². The first kappa shape index (κ1) is 30.4. The Balaban J connectivity index is 1.18. The molecule has 0 saturated carbocycles. The van der Waals surface area contributed by atoms with Crippen LogP contribution in [0.5, 0.6) is 0 Å². The number of piperidine rings is 1. The van der Waals surface area contributed by atoms with Gasteiger partial charge in [-0.3, -0.25) is 14.4 Å². The average molecular weight is 603 g/mol. The van der Waals surface area contributed by atoms with Crippen LogP contribution in [0.1, 0.15) is 52.8 Å². The number of sulfonamides is 1. The number of anilines is 1. The molecule has 0 aliphatic carbocycles. The van der Waals surface area contributed by atoms with Gasteiger partial charge < -0.3 is 15.1 Å². The van der Waals surface area contributed by atoms with Crippen molar-refractivity contribution in [3.63, 3.8) is 0 Å². The Kier molecular flexibility index (Phi) is 9.89. The van der Waals surface area contributed by atoms with E-state index in [9.17, 15) is 22.8 Å². The normalized spacial score (nSPS) is 16.1. The molecule has 0 spiro atoms. The van der Waals surface area contributed by atoms with E-state index >= 15 is 0 Å². The number of rotatable bonds is 10. The minimum atomic E-state index is -4.31. The summed E-state index contributed by atoms with van der Waals surface area (Å²) in [5.74, 6) is -0.654. The Morgan fingerprint density at radius 1 is 0.767 bits per heavy atom. The molecule has 2 fully saturated rings. The summed E-state index contributed by atoms with van der Waals surface area (Å²) in [5, 5.41) is 2.67. The Morgan fingerprint density at radius 3 is 2.00 bits per heavy atom. The molecule has 226 valence electrons. The number of amides is 3. The van der Waals surface area contributed by atoms with Gasteiger partial charge in [0.15, 0.2) is 0 Å². The van der Waals surface area contributed by atoms with Crippen LogP contribution in [0.2, 0.25) is 0 Å².